The fraction of sp³-hybridized carbons (Fsp3) is 0.412. The second-order valence-corrected chi connectivity index (χ2v) is 6.96. The molecule has 116 valence electrons. The Morgan fingerprint density at radius 1 is 1.32 bits per heavy atom. The number of urea groups is 1. The molecule has 22 heavy (non-hydrogen) atoms. The quantitative estimate of drug-likeness (QED) is 0.885. The molecule has 1 heterocycles. The van der Waals surface area contributed by atoms with Crippen LogP contribution in [-0.4, -0.2) is 23.3 Å². The van der Waals surface area contributed by atoms with Gasteiger partial charge in [0.1, 0.15) is 0 Å². The predicted octanol–water partition coefficient (Wildman–Crippen LogP) is 3.79. The number of allylic oxidation sites excluding steroid dienone is 1. The van der Waals surface area contributed by atoms with E-state index in [4.69, 9.17) is 0 Å². The van der Waals surface area contributed by atoms with Gasteiger partial charge < -0.3 is 5.32 Å². The largest absolute Gasteiger partial charge is 0.327 e. The van der Waals surface area contributed by atoms with Crippen molar-refractivity contribution in [2.24, 2.45) is 5.92 Å². The van der Waals surface area contributed by atoms with E-state index in [2.05, 4.69) is 21.2 Å². The fourth-order valence-electron chi connectivity index (χ4n) is 2.92. The molecular formula is C17H19BrN2O2. The summed E-state index contributed by atoms with van der Waals surface area (Å²) in [5.74, 6) is 0.587. The van der Waals surface area contributed by atoms with Gasteiger partial charge in [0.05, 0.1) is 6.04 Å². The average Bonchev–Trinajstić information content (AvgIpc) is 3.27. The highest BCUT2D eigenvalue weighted by Gasteiger charge is 2.36. The van der Waals surface area contributed by atoms with E-state index >= 15 is 0 Å². The second kappa shape index (κ2) is 5.88. The first kappa shape index (κ1) is 15.3. The maximum atomic E-state index is 12.4. The summed E-state index contributed by atoms with van der Waals surface area (Å²) >= 11 is 3.41. The number of nitrogens with zero attached hydrogens (tertiary/aromatic N) is 1. The molecule has 0 spiro atoms. The molecule has 1 aromatic rings. The SMILES string of the molecule is CC(=O)C1=C(C)N(CC2CC2)C(=O)N[C@H]1c1ccc(Br)cc1. The normalized spacial score (nSPS) is 21.9. The number of carbonyl (C=O) groups excluding carboxylic acids is 2. The molecule has 0 unspecified atom stereocenters. The second-order valence-electron chi connectivity index (χ2n) is 6.04. The number of carbonyl (C=O) groups is 2. The van der Waals surface area contributed by atoms with E-state index < -0.39 is 0 Å². The number of halogens is 1. The van der Waals surface area contributed by atoms with Crippen LogP contribution in [0.2, 0.25) is 0 Å². The van der Waals surface area contributed by atoms with E-state index in [1.54, 1.807) is 11.8 Å². The number of ketones is 1. The van der Waals surface area contributed by atoms with Gasteiger partial charge >= 0.3 is 6.03 Å². The number of hydrogen-bond donors (Lipinski definition) is 1. The van der Waals surface area contributed by atoms with Gasteiger partial charge in [-0.15, -0.1) is 0 Å². The molecule has 0 aromatic heterocycles. The van der Waals surface area contributed by atoms with Gasteiger partial charge in [-0.2, -0.15) is 0 Å². The molecule has 0 saturated heterocycles. The van der Waals surface area contributed by atoms with E-state index in [1.807, 2.05) is 31.2 Å². The number of rotatable bonds is 4. The standard InChI is InChI=1S/C17H19BrN2O2/c1-10-15(11(2)21)16(13-5-7-14(18)8-6-13)19-17(22)20(10)9-12-3-4-12/h5-8,12,16H,3-4,9H2,1-2H3,(H,19,22)/t16-/m0/s1. The van der Waals surface area contributed by atoms with Gasteiger partial charge in [0.25, 0.3) is 0 Å². The molecule has 4 nitrogen and oxygen atoms in total. The summed E-state index contributed by atoms with van der Waals surface area (Å²) in [4.78, 5) is 26.3. The van der Waals surface area contributed by atoms with Gasteiger partial charge in [-0.3, -0.25) is 9.69 Å². The van der Waals surface area contributed by atoms with Crippen LogP contribution >= 0.6 is 15.9 Å². The maximum Gasteiger partial charge on any atom is 0.322 e. The average molecular weight is 363 g/mol. The molecule has 1 aromatic carbocycles. The van der Waals surface area contributed by atoms with Crippen LogP contribution in [0.25, 0.3) is 0 Å². The molecule has 0 radical (unpaired) electrons. The van der Waals surface area contributed by atoms with Gasteiger partial charge in [-0.25, -0.2) is 4.79 Å². The van der Waals surface area contributed by atoms with E-state index in [-0.39, 0.29) is 17.9 Å². The minimum atomic E-state index is -0.367. The van der Waals surface area contributed by atoms with Gasteiger partial charge in [0.15, 0.2) is 5.78 Å². The number of nitrogens with one attached hydrogen (secondary N) is 1. The lowest BCUT2D eigenvalue weighted by Crippen LogP contribution is -2.48. The zero-order chi connectivity index (χ0) is 15.9. The lowest BCUT2D eigenvalue weighted by atomic mass is 9.92. The summed E-state index contributed by atoms with van der Waals surface area (Å²) in [5, 5.41) is 2.99. The minimum Gasteiger partial charge on any atom is -0.327 e. The molecule has 1 saturated carbocycles. The molecule has 2 aliphatic rings. The van der Waals surface area contributed by atoms with Crippen LogP contribution in [0.4, 0.5) is 4.79 Å². The van der Waals surface area contributed by atoms with Crippen LogP contribution in [0, 0.1) is 5.92 Å². The maximum absolute atomic E-state index is 12.4. The first-order valence-electron chi connectivity index (χ1n) is 7.52. The first-order valence-corrected chi connectivity index (χ1v) is 8.32. The zero-order valence-electron chi connectivity index (χ0n) is 12.7. The number of amides is 2. The molecule has 1 aliphatic heterocycles. The Hall–Kier alpha value is -1.62. The molecule has 1 N–H and O–H groups in total. The van der Waals surface area contributed by atoms with E-state index in [1.165, 1.54) is 12.8 Å². The van der Waals surface area contributed by atoms with Crippen molar-refractivity contribution < 1.29 is 9.59 Å². The Balaban J connectivity index is 1.99. The Kier molecular flexibility index (Phi) is 4.08. The molecule has 3 rings (SSSR count). The highest BCUT2D eigenvalue weighted by atomic mass is 79.9. The Morgan fingerprint density at radius 3 is 2.50 bits per heavy atom. The van der Waals surface area contributed by atoms with Crippen molar-refractivity contribution in [3.8, 4) is 0 Å². The van der Waals surface area contributed by atoms with Crippen LogP contribution in [0.1, 0.15) is 38.3 Å². The molecular weight excluding hydrogens is 344 g/mol. The topological polar surface area (TPSA) is 49.4 Å². The summed E-state index contributed by atoms with van der Waals surface area (Å²) in [7, 11) is 0. The molecule has 1 atom stereocenters. The van der Waals surface area contributed by atoms with Crippen LogP contribution < -0.4 is 5.32 Å². The lowest BCUT2D eigenvalue weighted by Gasteiger charge is -2.35. The highest BCUT2D eigenvalue weighted by molar-refractivity contribution is 9.10. The van der Waals surface area contributed by atoms with Crippen molar-refractivity contribution in [3.63, 3.8) is 0 Å². The third-order valence-electron chi connectivity index (χ3n) is 4.32. The van der Waals surface area contributed by atoms with Gasteiger partial charge in [-0.1, -0.05) is 28.1 Å². The van der Waals surface area contributed by atoms with Crippen molar-refractivity contribution in [1.82, 2.24) is 10.2 Å². The Labute approximate surface area is 138 Å². The summed E-state index contributed by atoms with van der Waals surface area (Å²) < 4.78 is 0.971. The van der Waals surface area contributed by atoms with Gasteiger partial charge in [-0.05, 0) is 50.3 Å². The minimum absolute atomic E-state index is 0.00576. The van der Waals surface area contributed by atoms with Crippen LogP contribution in [0.3, 0.4) is 0 Å². The van der Waals surface area contributed by atoms with Crippen molar-refractivity contribution >= 4 is 27.7 Å². The van der Waals surface area contributed by atoms with Gasteiger partial charge in [0.2, 0.25) is 0 Å². The monoisotopic (exact) mass is 362 g/mol. The summed E-state index contributed by atoms with van der Waals surface area (Å²) in [6, 6.07) is 7.23. The Morgan fingerprint density at radius 2 is 1.95 bits per heavy atom. The molecule has 1 fully saturated rings. The molecule has 2 amide bonds. The summed E-state index contributed by atoms with van der Waals surface area (Å²) in [5.41, 5.74) is 2.39. The third kappa shape index (κ3) is 2.95. The molecule has 1 aliphatic carbocycles. The Bertz CT molecular complexity index is 647. The third-order valence-corrected chi connectivity index (χ3v) is 4.85. The van der Waals surface area contributed by atoms with Gasteiger partial charge in [0, 0.05) is 22.3 Å². The molecule has 0 bridgehead atoms. The number of hydrogen-bond acceptors (Lipinski definition) is 2. The fourth-order valence-corrected chi connectivity index (χ4v) is 3.19. The van der Waals surface area contributed by atoms with E-state index in [0.717, 1.165) is 15.7 Å². The first-order chi connectivity index (χ1) is 10.5. The number of Topliss-reactive ketones (excluding diaryl/α,β-unsaturated/α-hetero) is 1. The summed E-state index contributed by atoms with van der Waals surface area (Å²) in [6.07, 6.45) is 2.34. The van der Waals surface area contributed by atoms with Crippen molar-refractivity contribution in [2.45, 2.75) is 32.7 Å². The summed E-state index contributed by atoms with van der Waals surface area (Å²) in [6.45, 7) is 4.16. The van der Waals surface area contributed by atoms with Crippen LogP contribution in [0.5, 0.6) is 0 Å². The highest BCUT2D eigenvalue weighted by Crippen LogP contribution is 2.35. The van der Waals surface area contributed by atoms with Crippen molar-refractivity contribution in [2.75, 3.05) is 6.54 Å². The molecule has 5 heteroatoms. The predicted molar refractivity (Wildman–Crippen MR) is 88.2 cm³/mol. The smallest absolute Gasteiger partial charge is 0.322 e. The van der Waals surface area contributed by atoms with Crippen molar-refractivity contribution in [3.05, 3.63) is 45.6 Å². The van der Waals surface area contributed by atoms with E-state index in [0.29, 0.717) is 18.0 Å². The zero-order valence-corrected chi connectivity index (χ0v) is 14.3. The van der Waals surface area contributed by atoms with Crippen LogP contribution in [-0.2, 0) is 4.79 Å². The van der Waals surface area contributed by atoms with E-state index in [9.17, 15) is 9.59 Å². The van der Waals surface area contributed by atoms with Crippen molar-refractivity contribution in [1.29, 1.82) is 0 Å². The number of benzene rings is 1. The lowest BCUT2D eigenvalue weighted by molar-refractivity contribution is -0.114. The van der Waals surface area contributed by atoms with Crippen LogP contribution in [0.15, 0.2) is 40.0 Å².